The Morgan fingerprint density at radius 3 is 2.63 bits per heavy atom. The Balaban J connectivity index is 0.00000180. The molecule has 108 valence electrons. The van der Waals surface area contributed by atoms with Crippen molar-refractivity contribution >= 4 is 35.6 Å². The molecule has 1 unspecified atom stereocenters. The predicted octanol–water partition coefficient (Wildman–Crippen LogP) is 3.99. The van der Waals surface area contributed by atoms with Crippen LogP contribution in [0.4, 0.5) is 0 Å². The van der Waals surface area contributed by atoms with Crippen LogP contribution in [0.25, 0.3) is 0 Å². The molecule has 0 aliphatic carbocycles. The standard InChI is InChI=1S/C14H20Cl2N2.ClH/c1-2-18-8-4-5-11(18)9-17-10-12-13(15)6-3-7-14(12)16;/h3,6-7,11,17H,2,4-5,8-10H2,1H3;1H. The van der Waals surface area contributed by atoms with Crippen LogP contribution in [0.2, 0.25) is 10.0 Å². The van der Waals surface area contributed by atoms with Gasteiger partial charge >= 0.3 is 0 Å². The van der Waals surface area contributed by atoms with Crippen LogP contribution in [-0.2, 0) is 6.54 Å². The van der Waals surface area contributed by atoms with Gasteiger partial charge in [0.15, 0.2) is 0 Å². The molecule has 1 aromatic carbocycles. The minimum atomic E-state index is 0. The van der Waals surface area contributed by atoms with Gasteiger partial charge < -0.3 is 5.32 Å². The van der Waals surface area contributed by atoms with E-state index in [-0.39, 0.29) is 12.4 Å². The van der Waals surface area contributed by atoms with Crippen molar-refractivity contribution in [2.24, 2.45) is 0 Å². The topological polar surface area (TPSA) is 15.3 Å². The highest BCUT2D eigenvalue weighted by Gasteiger charge is 2.22. The van der Waals surface area contributed by atoms with Gasteiger partial charge in [-0.15, -0.1) is 12.4 Å². The van der Waals surface area contributed by atoms with Gasteiger partial charge in [0, 0.05) is 34.7 Å². The highest BCUT2D eigenvalue weighted by atomic mass is 35.5. The smallest absolute Gasteiger partial charge is 0.0465 e. The number of nitrogens with one attached hydrogen (secondary N) is 1. The minimum Gasteiger partial charge on any atom is -0.311 e. The summed E-state index contributed by atoms with van der Waals surface area (Å²) in [5.41, 5.74) is 1.00. The number of halogens is 3. The van der Waals surface area contributed by atoms with Crippen molar-refractivity contribution in [1.82, 2.24) is 10.2 Å². The van der Waals surface area contributed by atoms with Crippen LogP contribution in [0.5, 0.6) is 0 Å². The lowest BCUT2D eigenvalue weighted by atomic mass is 10.2. The number of hydrogen-bond donors (Lipinski definition) is 1. The molecule has 0 bridgehead atoms. The van der Waals surface area contributed by atoms with Crippen LogP contribution in [0.15, 0.2) is 18.2 Å². The monoisotopic (exact) mass is 322 g/mol. The summed E-state index contributed by atoms with van der Waals surface area (Å²) in [6, 6.07) is 6.32. The Hall–Kier alpha value is 0.01000. The van der Waals surface area contributed by atoms with E-state index in [2.05, 4.69) is 17.1 Å². The second-order valence-corrected chi connectivity index (χ2v) is 5.57. The first-order valence-corrected chi connectivity index (χ1v) is 7.35. The maximum atomic E-state index is 6.15. The summed E-state index contributed by atoms with van der Waals surface area (Å²) in [7, 11) is 0. The Kier molecular flexibility index (Phi) is 7.48. The fraction of sp³-hybridized carbons (Fsp3) is 0.571. The largest absolute Gasteiger partial charge is 0.311 e. The zero-order valence-electron chi connectivity index (χ0n) is 11.2. The van der Waals surface area contributed by atoms with E-state index in [1.54, 1.807) is 0 Å². The first-order valence-electron chi connectivity index (χ1n) is 6.60. The quantitative estimate of drug-likeness (QED) is 0.881. The first kappa shape index (κ1) is 17.1. The lowest BCUT2D eigenvalue weighted by Gasteiger charge is -2.23. The molecule has 0 amide bonds. The number of benzene rings is 1. The molecule has 1 fully saturated rings. The summed E-state index contributed by atoms with van der Waals surface area (Å²) < 4.78 is 0. The van der Waals surface area contributed by atoms with Gasteiger partial charge in [0.05, 0.1) is 0 Å². The molecule has 2 nitrogen and oxygen atoms in total. The van der Waals surface area contributed by atoms with Crippen LogP contribution in [0.1, 0.15) is 25.3 Å². The number of likely N-dealkylation sites (N-methyl/N-ethyl adjacent to an activating group) is 1. The Morgan fingerprint density at radius 1 is 1.32 bits per heavy atom. The molecule has 0 saturated carbocycles. The Labute approximate surface area is 131 Å². The lowest BCUT2D eigenvalue weighted by Crippen LogP contribution is -2.37. The third kappa shape index (κ3) is 4.51. The second-order valence-electron chi connectivity index (χ2n) is 4.76. The number of rotatable bonds is 5. The third-order valence-electron chi connectivity index (χ3n) is 3.65. The number of likely N-dealkylation sites (tertiary alicyclic amines) is 1. The molecular weight excluding hydrogens is 303 g/mol. The molecule has 0 spiro atoms. The van der Waals surface area contributed by atoms with Crippen LogP contribution in [-0.4, -0.2) is 30.6 Å². The lowest BCUT2D eigenvalue weighted by molar-refractivity contribution is 0.260. The third-order valence-corrected chi connectivity index (χ3v) is 4.36. The van der Waals surface area contributed by atoms with Crippen molar-refractivity contribution in [3.05, 3.63) is 33.8 Å². The van der Waals surface area contributed by atoms with Crippen molar-refractivity contribution in [3.63, 3.8) is 0 Å². The van der Waals surface area contributed by atoms with E-state index >= 15 is 0 Å². The van der Waals surface area contributed by atoms with Crippen molar-refractivity contribution in [3.8, 4) is 0 Å². The predicted molar refractivity (Wildman–Crippen MR) is 85.7 cm³/mol. The number of nitrogens with zero attached hydrogens (tertiary/aromatic N) is 1. The Morgan fingerprint density at radius 2 is 2.00 bits per heavy atom. The first-order chi connectivity index (χ1) is 8.72. The molecule has 0 radical (unpaired) electrons. The van der Waals surface area contributed by atoms with Crippen LogP contribution in [0, 0.1) is 0 Å². The van der Waals surface area contributed by atoms with E-state index in [0.717, 1.165) is 35.2 Å². The fourth-order valence-electron chi connectivity index (χ4n) is 2.61. The van der Waals surface area contributed by atoms with Gasteiger partial charge in [-0.05, 0) is 38.1 Å². The summed E-state index contributed by atoms with van der Waals surface area (Å²) >= 11 is 12.3. The van der Waals surface area contributed by atoms with Gasteiger partial charge in [-0.1, -0.05) is 36.2 Å². The van der Waals surface area contributed by atoms with Gasteiger partial charge in [0.25, 0.3) is 0 Å². The van der Waals surface area contributed by atoms with Gasteiger partial charge in [-0.25, -0.2) is 0 Å². The average molecular weight is 324 g/mol. The highest BCUT2D eigenvalue weighted by molar-refractivity contribution is 6.35. The number of hydrogen-bond acceptors (Lipinski definition) is 2. The van der Waals surface area contributed by atoms with Crippen molar-refractivity contribution in [2.45, 2.75) is 32.4 Å². The minimum absolute atomic E-state index is 0. The van der Waals surface area contributed by atoms with Crippen molar-refractivity contribution < 1.29 is 0 Å². The molecular formula is C14H21Cl3N2. The maximum absolute atomic E-state index is 6.15. The maximum Gasteiger partial charge on any atom is 0.0465 e. The molecule has 5 heteroatoms. The molecule has 1 N–H and O–H groups in total. The van der Waals surface area contributed by atoms with Crippen LogP contribution in [0.3, 0.4) is 0 Å². The van der Waals surface area contributed by atoms with E-state index in [4.69, 9.17) is 23.2 Å². The molecule has 1 atom stereocenters. The SMILES string of the molecule is CCN1CCCC1CNCc1c(Cl)cccc1Cl.Cl. The van der Waals surface area contributed by atoms with Gasteiger partial charge in [-0.3, -0.25) is 4.90 Å². The molecule has 19 heavy (non-hydrogen) atoms. The highest BCUT2D eigenvalue weighted by Crippen LogP contribution is 2.24. The van der Waals surface area contributed by atoms with Crippen LogP contribution < -0.4 is 5.32 Å². The molecule has 1 aromatic rings. The normalized spacial score (nSPS) is 19.4. The van der Waals surface area contributed by atoms with E-state index in [0.29, 0.717) is 6.04 Å². The van der Waals surface area contributed by atoms with E-state index in [1.807, 2.05) is 18.2 Å². The summed E-state index contributed by atoms with van der Waals surface area (Å²) in [5.74, 6) is 0. The van der Waals surface area contributed by atoms with Crippen LogP contribution >= 0.6 is 35.6 Å². The Bertz CT molecular complexity index is 378. The summed E-state index contributed by atoms with van der Waals surface area (Å²) in [5, 5.41) is 4.97. The van der Waals surface area contributed by atoms with Gasteiger partial charge in [-0.2, -0.15) is 0 Å². The summed E-state index contributed by atoms with van der Waals surface area (Å²) in [4.78, 5) is 2.53. The summed E-state index contributed by atoms with van der Waals surface area (Å²) in [6.07, 6.45) is 2.60. The van der Waals surface area contributed by atoms with Crippen molar-refractivity contribution in [2.75, 3.05) is 19.6 Å². The zero-order chi connectivity index (χ0) is 13.0. The zero-order valence-corrected chi connectivity index (χ0v) is 13.5. The van der Waals surface area contributed by atoms with E-state index in [1.165, 1.54) is 19.4 Å². The van der Waals surface area contributed by atoms with Gasteiger partial charge in [0.2, 0.25) is 0 Å². The molecule has 1 aliphatic rings. The molecule has 2 rings (SSSR count). The molecule has 1 aliphatic heterocycles. The summed E-state index contributed by atoms with van der Waals surface area (Å²) in [6.45, 7) is 6.35. The molecule has 0 aromatic heterocycles. The average Bonchev–Trinajstić information content (AvgIpc) is 2.80. The second kappa shape index (κ2) is 8.33. The van der Waals surface area contributed by atoms with E-state index < -0.39 is 0 Å². The fourth-order valence-corrected chi connectivity index (χ4v) is 3.14. The van der Waals surface area contributed by atoms with Crippen molar-refractivity contribution in [1.29, 1.82) is 0 Å². The van der Waals surface area contributed by atoms with E-state index in [9.17, 15) is 0 Å². The van der Waals surface area contributed by atoms with Gasteiger partial charge in [0.1, 0.15) is 0 Å². The molecule has 1 heterocycles. The molecule has 1 saturated heterocycles.